The molecule has 0 unspecified atom stereocenters. The maximum Gasteiger partial charge on any atom is 0.410 e. The van der Waals surface area contributed by atoms with Gasteiger partial charge in [-0.1, -0.05) is 0 Å². The van der Waals surface area contributed by atoms with E-state index in [4.69, 9.17) is 4.74 Å². The number of sulfone groups is 1. The Kier molecular flexibility index (Phi) is 4.98. The normalized spacial score (nSPS) is 19.0. The van der Waals surface area contributed by atoms with Crippen LogP contribution in [0.3, 0.4) is 0 Å². The summed E-state index contributed by atoms with van der Waals surface area (Å²) in [5, 5.41) is 0.105. The maximum absolute atomic E-state index is 12.4. The van der Waals surface area contributed by atoms with Gasteiger partial charge < -0.3 is 9.64 Å². The van der Waals surface area contributed by atoms with Gasteiger partial charge in [0.2, 0.25) is 0 Å². The minimum absolute atomic E-state index is 0.00273. The highest BCUT2D eigenvalue weighted by atomic mass is 32.2. The predicted molar refractivity (Wildman–Crippen MR) is 86.9 cm³/mol. The number of rotatable bonds is 3. The first-order valence-corrected chi connectivity index (χ1v) is 9.35. The molecule has 0 bridgehead atoms. The molecule has 128 valence electrons. The lowest BCUT2D eigenvalue weighted by Gasteiger charge is -2.24. The van der Waals surface area contributed by atoms with Crippen molar-refractivity contribution in [2.45, 2.75) is 44.7 Å². The highest BCUT2D eigenvalue weighted by Crippen LogP contribution is 2.23. The maximum atomic E-state index is 12.4. The molecule has 0 N–H and O–H groups in total. The summed E-state index contributed by atoms with van der Waals surface area (Å²) in [7, 11) is -3.44. The average Bonchev–Trinajstić information content (AvgIpc) is 2.84. The summed E-state index contributed by atoms with van der Waals surface area (Å²) in [6.07, 6.45) is 1.78. The second kappa shape index (κ2) is 6.47. The first kappa shape index (κ1) is 17.7. The molecule has 23 heavy (non-hydrogen) atoms. The van der Waals surface area contributed by atoms with Gasteiger partial charge in [0.05, 0.1) is 5.75 Å². The van der Waals surface area contributed by atoms with Crippen LogP contribution in [0.2, 0.25) is 0 Å². The van der Waals surface area contributed by atoms with Crippen molar-refractivity contribution >= 4 is 15.9 Å². The van der Waals surface area contributed by atoms with E-state index in [1.165, 1.54) is 6.20 Å². The van der Waals surface area contributed by atoms with Crippen LogP contribution in [0.4, 0.5) is 4.79 Å². The van der Waals surface area contributed by atoms with E-state index >= 15 is 0 Å². The van der Waals surface area contributed by atoms with Crippen LogP contribution in [0.15, 0.2) is 23.4 Å². The zero-order valence-electron chi connectivity index (χ0n) is 14.1. The number of carbonyl (C=O) groups is 1. The van der Waals surface area contributed by atoms with E-state index in [2.05, 4.69) is 4.98 Å². The van der Waals surface area contributed by atoms with Crippen molar-refractivity contribution in [3.8, 4) is 0 Å². The van der Waals surface area contributed by atoms with Crippen LogP contribution in [0, 0.1) is 12.8 Å². The van der Waals surface area contributed by atoms with Crippen molar-refractivity contribution in [3.63, 3.8) is 0 Å². The molecule has 0 radical (unpaired) electrons. The van der Waals surface area contributed by atoms with Gasteiger partial charge in [0.15, 0.2) is 14.9 Å². The van der Waals surface area contributed by atoms with Crippen molar-refractivity contribution in [2.24, 2.45) is 5.92 Å². The van der Waals surface area contributed by atoms with Crippen LogP contribution in [0.5, 0.6) is 0 Å². The van der Waals surface area contributed by atoms with Gasteiger partial charge in [-0.3, -0.25) is 0 Å². The third-order valence-electron chi connectivity index (χ3n) is 3.60. The number of carbonyl (C=O) groups excluding carboxylic acids is 1. The summed E-state index contributed by atoms with van der Waals surface area (Å²) in [5.74, 6) is -0.0854. The van der Waals surface area contributed by atoms with Crippen LogP contribution >= 0.6 is 0 Å². The summed E-state index contributed by atoms with van der Waals surface area (Å²) >= 11 is 0. The minimum atomic E-state index is -3.44. The second-order valence-corrected chi connectivity index (χ2v) is 9.02. The zero-order valence-corrected chi connectivity index (χ0v) is 14.9. The third-order valence-corrected chi connectivity index (χ3v) is 5.37. The number of likely N-dealkylation sites (tertiary alicyclic amines) is 1. The van der Waals surface area contributed by atoms with E-state index in [1.54, 1.807) is 17.0 Å². The van der Waals surface area contributed by atoms with Gasteiger partial charge in [-0.25, -0.2) is 18.2 Å². The van der Waals surface area contributed by atoms with Crippen molar-refractivity contribution < 1.29 is 17.9 Å². The van der Waals surface area contributed by atoms with Gasteiger partial charge in [0.1, 0.15) is 5.60 Å². The van der Waals surface area contributed by atoms with E-state index in [-0.39, 0.29) is 22.8 Å². The molecule has 1 aliphatic rings. The molecule has 1 amide bonds. The third kappa shape index (κ3) is 4.92. The summed E-state index contributed by atoms with van der Waals surface area (Å²) in [6, 6.07) is 3.34. The van der Waals surface area contributed by atoms with Crippen molar-refractivity contribution in [1.82, 2.24) is 9.88 Å². The van der Waals surface area contributed by atoms with E-state index in [0.29, 0.717) is 19.5 Å². The average molecular weight is 340 g/mol. The summed E-state index contributed by atoms with van der Waals surface area (Å²) in [5.41, 5.74) is 0.313. The molecule has 0 aromatic carbocycles. The molecule has 0 saturated carbocycles. The Balaban J connectivity index is 1.99. The molecule has 2 rings (SSSR count). The molecule has 1 aromatic rings. The fourth-order valence-electron chi connectivity index (χ4n) is 2.54. The van der Waals surface area contributed by atoms with E-state index in [0.717, 1.165) is 5.56 Å². The lowest BCUT2D eigenvalue weighted by molar-refractivity contribution is 0.0289. The number of amides is 1. The molecule has 6 nitrogen and oxygen atoms in total. The number of ether oxygens (including phenoxy) is 1. The highest BCUT2D eigenvalue weighted by Gasteiger charge is 2.33. The highest BCUT2D eigenvalue weighted by molar-refractivity contribution is 7.91. The minimum Gasteiger partial charge on any atom is -0.444 e. The first-order valence-electron chi connectivity index (χ1n) is 7.70. The Labute approximate surface area is 137 Å². The molecule has 0 aliphatic carbocycles. The predicted octanol–water partition coefficient (Wildman–Crippen LogP) is 2.42. The van der Waals surface area contributed by atoms with Crippen LogP contribution in [0.1, 0.15) is 32.8 Å². The largest absolute Gasteiger partial charge is 0.444 e. The molecule has 1 aliphatic heterocycles. The lowest BCUT2D eigenvalue weighted by Crippen LogP contribution is -2.35. The summed E-state index contributed by atoms with van der Waals surface area (Å²) in [4.78, 5) is 17.6. The number of hydrogen-bond acceptors (Lipinski definition) is 5. The Morgan fingerprint density at radius 2 is 2.13 bits per heavy atom. The van der Waals surface area contributed by atoms with Crippen LogP contribution in [-0.2, 0) is 14.6 Å². The van der Waals surface area contributed by atoms with Crippen LogP contribution < -0.4 is 0 Å². The van der Waals surface area contributed by atoms with Crippen LogP contribution in [0.25, 0.3) is 0 Å². The molecular weight excluding hydrogens is 316 g/mol. The number of hydrogen-bond donors (Lipinski definition) is 0. The molecule has 1 aromatic heterocycles. The van der Waals surface area contributed by atoms with Gasteiger partial charge in [-0.15, -0.1) is 0 Å². The first-order chi connectivity index (χ1) is 10.6. The van der Waals surface area contributed by atoms with Gasteiger partial charge in [-0.05, 0) is 57.7 Å². The number of aromatic nitrogens is 1. The van der Waals surface area contributed by atoms with Crippen LogP contribution in [-0.4, -0.2) is 48.8 Å². The lowest BCUT2D eigenvalue weighted by atomic mass is 10.2. The quantitative estimate of drug-likeness (QED) is 0.844. The monoisotopic (exact) mass is 340 g/mol. The Bertz CT molecular complexity index is 680. The molecule has 1 fully saturated rings. The van der Waals surface area contributed by atoms with Gasteiger partial charge in [-0.2, -0.15) is 0 Å². The molecule has 1 atom stereocenters. The van der Waals surface area contributed by atoms with Gasteiger partial charge >= 0.3 is 6.09 Å². The summed E-state index contributed by atoms with van der Waals surface area (Å²) in [6.45, 7) is 8.20. The Hall–Kier alpha value is -1.63. The molecule has 7 heteroatoms. The molecule has 1 saturated heterocycles. The second-order valence-electron chi connectivity index (χ2n) is 7.03. The Morgan fingerprint density at radius 1 is 1.43 bits per heavy atom. The van der Waals surface area contributed by atoms with E-state index < -0.39 is 15.4 Å². The summed E-state index contributed by atoms with van der Waals surface area (Å²) < 4.78 is 30.2. The Morgan fingerprint density at radius 3 is 2.74 bits per heavy atom. The standard InChI is InChI=1S/C16H24N2O4S/c1-12-5-7-17-14(9-12)23(20,21)11-13-6-8-18(10-13)15(19)22-16(2,3)4/h5,7,9,13H,6,8,10-11H2,1-4H3/t13-/m1/s1. The zero-order chi connectivity index (χ0) is 17.3. The fourth-order valence-corrected chi connectivity index (χ4v) is 4.19. The van der Waals surface area contributed by atoms with Crippen molar-refractivity contribution in [2.75, 3.05) is 18.8 Å². The van der Waals surface area contributed by atoms with Crippen molar-refractivity contribution in [3.05, 3.63) is 23.9 Å². The smallest absolute Gasteiger partial charge is 0.410 e. The van der Waals surface area contributed by atoms with Crippen molar-refractivity contribution in [1.29, 1.82) is 0 Å². The topological polar surface area (TPSA) is 76.6 Å². The number of nitrogens with zero attached hydrogens (tertiary/aromatic N) is 2. The molecule has 0 spiro atoms. The fraction of sp³-hybridized carbons (Fsp3) is 0.625. The molecular formula is C16H24N2O4S. The van der Waals surface area contributed by atoms with Gasteiger partial charge in [0, 0.05) is 19.3 Å². The SMILES string of the molecule is Cc1ccnc(S(=O)(=O)C[C@@H]2CCN(C(=O)OC(C)(C)C)C2)c1. The molecule has 2 heterocycles. The number of pyridine rings is 1. The van der Waals surface area contributed by atoms with E-state index in [9.17, 15) is 13.2 Å². The number of aryl methyl sites for hydroxylation is 1. The van der Waals surface area contributed by atoms with E-state index in [1.807, 2.05) is 27.7 Å². The van der Waals surface area contributed by atoms with Gasteiger partial charge in [0.25, 0.3) is 0 Å².